The summed E-state index contributed by atoms with van der Waals surface area (Å²) in [6.45, 7) is 5.01. The molecule has 25 heavy (non-hydrogen) atoms. The van der Waals surface area contributed by atoms with Crippen LogP contribution in [-0.2, 0) is 9.59 Å². The van der Waals surface area contributed by atoms with Crippen molar-refractivity contribution in [3.05, 3.63) is 35.4 Å². The third-order valence-corrected chi connectivity index (χ3v) is 6.13. The van der Waals surface area contributed by atoms with Crippen molar-refractivity contribution in [3.63, 3.8) is 0 Å². The molecule has 2 amide bonds. The van der Waals surface area contributed by atoms with Gasteiger partial charge in [-0.2, -0.15) is 0 Å². The Balaban J connectivity index is 1.93. The number of amides is 2. The van der Waals surface area contributed by atoms with E-state index in [0.29, 0.717) is 5.56 Å². The lowest BCUT2D eigenvalue weighted by Gasteiger charge is -2.31. The maximum Gasteiger partial charge on any atom is 0.328 e. The third-order valence-electron chi connectivity index (χ3n) is 4.59. The molecule has 3 N–H and O–H groups in total. The van der Waals surface area contributed by atoms with Crippen LogP contribution in [0, 0.1) is 0 Å². The number of aliphatic hydroxyl groups is 1. The number of aliphatic hydroxyl groups excluding tert-OH is 1. The normalized spacial score (nSPS) is 25.9. The predicted molar refractivity (Wildman–Crippen MR) is 92.1 cm³/mol. The molecule has 2 unspecified atom stereocenters. The zero-order valence-corrected chi connectivity index (χ0v) is 14.9. The van der Waals surface area contributed by atoms with Gasteiger partial charge in [-0.15, -0.1) is 11.8 Å². The van der Waals surface area contributed by atoms with Gasteiger partial charge in [0.15, 0.2) is 6.04 Å². The number of carbonyl (C=O) groups excluding carboxylic acids is 2. The van der Waals surface area contributed by atoms with Crippen LogP contribution in [-0.4, -0.2) is 55.8 Å². The summed E-state index contributed by atoms with van der Waals surface area (Å²) < 4.78 is -0.598. The fraction of sp³-hybridized carbons (Fsp3) is 0.471. The molecule has 0 bridgehead atoms. The van der Waals surface area contributed by atoms with E-state index in [2.05, 4.69) is 5.32 Å². The lowest BCUT2D eigenvalue weighted by molar-refractivity contribution is -0.145. The highest BCUT2D eigenvalue weighted by atomic mass is 32.2. The van der Waals surface area contributed by atoms with Crippen LogP contribution < -0.4 is 5.32 Å². The summed E-state index contributed by atoms with van der Waals surface area (Å²) >= 11 is 1.50. The van der Waals surface area contributed by atoms with Gasteiger partial charge in [0.25, 0.3) is 5.91 Å². The molecule has 0 saturated carbocycles. The molecule has 8 heteroatoms. The Bertz CT molecular complexity index is 748. The highest BCUT2D eigenvalue weighted by Crippen LogP contribution is 2.56. The number of hydrogen-bond acceptors (Lipinski definition) is 5. The molecule has 2 aliphatic heterocycles. The zero-order valence-electron chi connectivity index (χ0n) is 14.1. The molecule has 1 fully saturated rings. The number of thioether (sulfide) groups is 1. The smallest absolute Gasteiger partial charge is 0.328 e. The lowest BCUT2D eigenvalue weighted by atomic mass is 10.00. The minimum atomic E-state index is -1.42. The first-order valence-electron chi connectivity index (χ1n) is 7.96. The summed E-state index contributed by atoms with van der Waals surface area (Å²) in [4.78, 5) is 38.4. The average molecular weight is 364 g/mol. The second-order valence-corrected chi connectivity index (χ2v) is 8.58. The quantitative estimate of drug-likeness (QED) is 0.735. The van der Waals surface area contributed by atoms with Crippen LogP contribution in [0.2, 0.25) is 0 Å². The molecule has 0 aliphatic carbocycles. The fourth-order valence-corrected chi connectivity index (χ4v) is 5.01. The monoisotopic (exact) mass is 364 g/mol. The number of benzene rings is 1. The third kappa shape index (κ3) is 2.79. The number of rotatable bonds is 4. The van der Waals surface area contributed by atoms with Crippen LogP contribution in [0.5, 0.6) is 0 Å². The van der Waals surface area contributed by atoms with Gasteiger partial charge in [-0.1, -0.05) is 18.2 Å². The lowest BCUT2D eigenvalue weighted by Crippen LogP contribution is -2.57. The van der Waals surface area contributed by atoms with Gasteiger partial charge in [0, 0.05) is 10.3 Å². The van der Waals surface area contributed by atoms with E-state index in [1.54, 1.807) is 12.1 Å². The van der Waals surface area contributed by atoms with Gasteiger partial charge >= 0.3 is 5.97 Å². The Labute approximate surface area is 149 Å². The average Bonchev–Trinajstić information content (AvgIpc) is 2.95. The van der Waals surface area contributed by atoms with Crippen LogP contribution in [0.1, 0.15) is 42.1 Å². The first-order valence-corrected chi connectivity index (χ1v) is 8.84. The maximum atomic E-state index is 12.8. The molecular formula is C17H20N2O5S. The zero-order chi connectivity index (χ0) is 18.5. The van der Waals surface area contributed by atoms with Crippen molar-refractivity contribution >= 4 is 29.5 Å². The van der Waals surface area contributed by atoms with Crippen LogP contribution in [0.3, 0.4) is 0 Å². The topological polar surface area (TPSA) is 107 Å². The molecule has 0 aromatic heterocycles. The summed E-state index contributed by atoms with van der Waals surface area (Å²) in [5.74, 6) is -2.13. The van der Waals surface area contributed by atoms with Crippen molar-refractivity contribution in [2.45, 2.75) is 49.1 Å². The fourth-order valence-electron chi connectivity index (χ4n) is 3.43. The minimum Gasteiger partial charge on any atom is -0.480 e. The first kappa shape index (κ1) is 17.8. The predicted octanol–water partition coefficient (Wildman–Crippen LogP) is 0.985. The molecule has 7 nitrogen and oxygen atoms in total. The second kappa shape index (κ2) is 6.03. The summed E-state index contributed by atoms with van der Waals surface area (Å²) in [6, 6.07) is 4.98. The van der Waals surface area contributed by atoms with Gasteiger partial charge < -0.3 is 20.4 Å². The van der Waals surface area contributed by atoms with E-state index >= 15 is 0 Å². The van der Waals surface area contributed by atoms with Crippen molar-refractivity contribution in [3.8, 4) is 0 Å². The summed E-state index contributed by atoms with van der Waals surface area (Å²) in [6.07, 6.45) is -1.25. The van der Waals surface area contributed by atoms with Gasteiger partial charge in [-0.3, -0.25) is 9.59 Å². The van der Waals surface area contributed by atoms with E-state index in [0.717, 1.165) is 5.56 Å². The molecule has 1 aromatic carbocycles. The molecule has 3 rings (SSSR count). The molecule has 1 saturated heterocycles. The van der Waals surface area contributed by atoms with Gasteiger partial charge in [-0.25, -0.2) is 4.79 Å². The number of nitrogens with zero attached hydrogens (tertiary/aromatic N) is 1. The van der Waals surface area contributed by atoms with E-state index in [4.69, 9.17) is 0 Å². The number of carboxylic acids is 1. The van der Waals surface area contributed by atoms with E-state index in [1.165, 1.54) is 23.6 Å². The molecule has 1 aromatic rings. The first-order chi connectivity index (χ1) is 11.6. The van der Waals surface area contributed by atoms with Crippen molar-refractivity contribution in [2.24, 2.45) is 0 Å². The second-order valence-electron chi connectivity index (χ2n) is 6.84. The van der Waals surface area contributed by atoms with Gasteiger partial charge in [0.05, 0.1) is 6.10 Å². The van der Waals surface area contributed by atoms with Crippen LogP contribution in [0.4, 0.5) is 0 Å². The van der Waals surface area contributed by atoms with Crippen LogP contribution in [0.25, 0.3) is 0 Å². The Morgan fingerprint density at radius 2 is 1.96 bits per heavy atom. The van der Waals surface area contributed by atoms with Crippen molar-refractivity contribution in [1.29, 1.82) is 0 Å². The van der Waals surface area contributed by atoms with E-state index in [9.17, 15) is 24.6 Å². The number of hydrogen-bond donors (Lipinski definition) is 3. The number of aliphatic carboxylic acids is 1. The molecule has 134 valence electrons. The molecule has 2 aliphatic rings. The standard InChI is InChI=1S/C17H20N2O5S/c1-8(20)11(16(23)24)18-13(21)12-17(2,3)25-15-10-7-5-4-6-9(10)14(22)19(12)15/h4-8,11-12,15,20H,1-3H3,(H,18,21)(H,23,24)/t8?,11-,12+,15?/m0/s1. The molecule has 0 spiro atoms. The Morgan fingerprint density at radius 1 is 1.32 bits per heavy atom. The Morgan fingerprint density at radius 3 is 2.56 bits per heavy atom. The molecule has 4 atom stereocenters. The highest BCUT2D eigenvalue weighted by molar-refractivity contribution is 8.01. The molecule has 0 radical (unpaired) electrons. The van der Waals surface area contributed by atoms with Gasteiger partial charge in [0.1, 0.15) is 11.4 Å². The van der Waals surface area contributed by atoms with Gasteiger partial charge in [-0.05, 0) is 32.4 Å². The maximum absolute atomic E-state index is 12.8. The molecular weight excluding hydrogens is 344 g/mol. The van der Waals surface area contributed by atoms with E-state index in [-0.39, 0.29) is 11.3 Å². The summed E-state index contributed by atoms with van der Waals surface area (Å²) in [5.41, 5.74) is 1.43. The van der Waals surface area contributed by atoms with Crippen LogP contribution in [0.15, 0.2) is 24.3 Å². The number of carboxylic acid groups (broad SMARTS) is 1. The number of carbonyl (C=O) groups is 3. The van der Waals surface area contributed by atoms with Crippen molar-refractivity contribution in [1.82, 2.24) is 10.2 Å². The highest BCUT2D eigenvalue weighted by Gasteiger charge is 2.57. The van der Waals surface area contributed by atoms with Gasteiger partial charge in [0.2, 0.25) is 5.91 Å². The number of nitrogens with one attached hydrogen (secondary N) is 1. The van der Waals surface area contributed by atoms with Crippen molar-refractivity contribution < 1.29 is 24.6 Å². The van der Waals surface area contributed by atoms with E-state index in [1.807, 2.05) is 26.0 Å². The largest absolute Gasteiger partial charge is 0.480 e. The SMILES string of the molecule is CC(O)[C@H](NC(=O)[C@H]1N2C(=O)c3ccccc3C2SC1(C)C)C(=O)O. The van der Waals surface area contributed by atoms with Crippen molar-refractivity contribution in [2.75, 3.05) is 0 Å². The van der Waals surface area contributed by atoms with Crippen LogP contribution >= 0.6 is 11.8 Å². The van der Waals surface area contributed by atoms with E-state index < -0.39 is 34.8 Å². The Hall–Kier alpha value is -2.06. The molecule has 2 heterocycles. The summed E-state index contributed by atoms with van der Waals surface area (Å²) in [7, 11) is 0. The number of fused-ring (bicyclic) bond motifs is 3. The summed E-state index contributed by atoms with van der Waals surface area (Å²) in [5, 5.41) is 20.9. The minimum absolute atomic E-state index is 0.234. The Kier molecular flexibility index (Phi) is 4.28.